The quantitative estimate of drug-likeness (QED) is 0.697. The van der Waals surface area contributed by atoms with Crippen molar-refractivity contribution in [2.45, 2.75) is 25.4 Å². The fourth-order valence-corrected chi connectivity index (χ4v) is 3.65. The second-order valence-corrected chi connectivity index (χ2v) is 7.21. The fraction of sp³-hybridized carbons (Fsp3) is 0.400. The van der Waals surface area contributed by atoms with Crippen LogP contribution in [0.3, 0.4) is 0 Å². The average Bonchev–Trinajstić information content (AvgIpc) is 3.12. The molecule has 1 amide bonds. The van der Waals surface area contributed by atoms with Gasteiger partial charge >= 0.3 is 0 Å². The van der Waals surface area contributed by atoms with Crippen molar-refractivity contribution in [1.29, 1.82) is 0 Å². The Morgan fingerprint density at radius 2 is 2.10 bits per heavy atom. The summed E-state index contributed by atoms with van der Waals surface area (Å²) in [5.74, 6) is 0.740. The third kappa shape index (κ3) is 3.94. The summed E-state index contributed by atoms with van der Waals surface area (Å²) in [5.41, 5.74) is 1.28. The van der Waals surface area contributed by atoms with E-state index in [-0.39, 0.29) is 18.0 Å². The molecule has 1 N–H and O–H groups in total. The van der Waals surface area contributed by atoms with E-state index in [4.69, 9.17) is 4.74 Å². The van der Waals surface area contributed by atoms with Crippen LogP contribution in [0.4, 0.5) is 5.69 Å². The zero-order valence-electron chi connectivity index (χ0n) is 16.5. The van der Waals surface area contributed by atoms with Crippen molar-refractivity contribution in [2.24, 2.45) is 7.05 Å². The van der Waals surface area contributed by atoms with Crippen LogP contribution in [0.25, 0.3) is 11.0 Å². The van der Waals surface area contributed by atoms with E-state index in [9.17, 15) is 9.59 Å². The maximum atomic E-state index is 12.7. The Hall–Kier alpha value is -3.36. The monoisotopic (exact) mass is 396 g/mol. The molecule has 152 valence electrons. The van der Waals surface area contributed by atoms with Gasteiger partial charge in [0.25, 0.3) is 5.56 Å². The molecule has 1 aromatic carbocycles. The molecule has 3 aromatic rings. The first-order valence-corrected chi connectivity index (χ1v) is 9.60. The van der Waals surface area contributed by atoms with Crippen LogP contribution in [-0.4, -0.2) is 56.4 Å². The molecule has 0 radical (unpaired) electrons. The van der Waals surface area contributed by atoms with Gasteiger partial charge in [-0.3, -0.25) is 18.8 Å². The van der Waals surface area contributed by atoms with E-state index >= 15 is 0 Å². The number of amides is 1. The van der Waals surface area contributed by atoms with Crippen molar-refractivity contribution < 1.29 is 9.53 Å². The number of nitrogens with one attached hydrogen (secondary N) is 1. The van der Waals surface area contributed by atoms with Gasteiger partial charge in [0.1, 0.15) is 24.0 Å². The van der Waals surface area contributed by atoms with Crippen molar-refractivity contribution in [3.8, 4) is 5.75 Å². The average molecular weight is 396 g/mol. The molecule has 0 unspecified atom stereocenters. The number of carbonyl (C=O) groups excluding carboxylic acids is 1. The Balaban J connectivity index is 1.35. The Labute approximate surface area is 167 Å². The van der Waals surface area contributed by atoms with Gasteiger partial charge in [-0.25, -0.2) is 4.98 Å². The summed E-state index contributed by atoms with van der Waals surface area (Å²) in [5, 5.41) is 7.98. The molecule has 1 fully saturated rings. The minimum atomic E-state index is -0.244. The predicted octanol–water partition coefficient (Wildman–Crippen LogP) is 1.24. The van der Waals surface area contributed by atoms with Gasteiger partial charge in [0.15, 0.2) is 5.65 Å². The lowest BCUT2D eigenvalue weighted by atomic mass is 10.0. The number of nitrogens with zero attached hydrogens (tertiary/aromatic N) is 5. The summed E-state index contributed by atoms with van der Waals surface area (Å²) in [6, 6.07) is 8.12. The van der Waals surface area contributed by atoms with Gasteiger partial charge in [0.2, 0.25) is 5.91 Å². The number of carbonyl (C=O) groups is 1. The number of hydrogen-bond donors (Lipinski definition) is 1. The highest BCUT2D eigenvalue weighted by Gasteiger charge is 2.23. The number of aromatic nitrogens is 4. The van der Waals surface area contributed by atoms with Gasteiger partial charge in [0, 0.05) is 37.9 Å². The molecular formula is C20H24N6O3. The molecule has 0 spiro atoms. The van der Waals surface area contributed by atoms with Crippen LogP contribution in [0.1, 0.15) is 12.8 Å². The number of likely N-dealkylation sites (tertiary alicyclic amines) is 1. The summed E-state index contributed by atoms with van der Waals surface area (Å²) < 4.78 is 8.15. The highest BCUT2D eigenvalue weighted by molar-refractivity contribution is 5.77. The molecule has 1 aliphatic rings. The maximum Gasteiger partial charge on any atom is 0.264 e. The van der Waals surface area contributed by atoms with E-state index in [2.05, 4.69) is 15.4 Å². The number of benzene rings is 1. The Morgan fingerprint density at radius 1 is 1.31 bits per heavy atom. The Kier molecular flexibility index (Phi) is 5.20. The first kappa shape index (κ1) is 19.0. The molecule has 1 aliphatic heterocycles. The van der Waals surface area contributed by atoms with Crippen molar-refractivity contribution in [3.63, 3.8) is 0 Å². The highest BCUT2D eigenvalue weighted by Crippen LogP contribution is 2.21. The summed E-state index contributed by atoms with van der Waals surface area (Å²) in [4.78, 5) is 31.3. The van der Waals surface area contributed by atoms with E-state index < -0.39 is 0 Å². The molecule has 0 bridgehead atoms. The first-order valence-electron chi connectivity index (χ1n) is 9.60. The molecule has 9 heteroatoms. The Bertz CT molecular complexity index is 1080. The number of rotatable bonds is 5. The number of fused-ring (bicyclic) bond motifs is 1. The number of hydrogen-bond acceptors (Lipinski definition) is 6. The van der Waals surface area contributed by atoms with E-state index in [1.807, 2.05) is 29.2 Å². The normalized spacial score (nSPS) is 14.9. The van der Waals surface area contributed by atoms with Gasteiger partial charge in [-0.05, 0) is 25.0 Å². The topological polar surface area (TPSA) is 94.3 Å². The van der Waals surface area contributed by atoms with Gasteiger partial charge in [-0.2, -0.15) is 5.10 Å². The van der Waals surface area contributed by atoms with Gasteiger partial charge in [0.05, 0.1) is 13.3 Å². The molecular weight excluding hydrogens is 372 g/mol. The zero-order valence-corrected chi connectivity index (χ0v) is 16.5. The lowest BCUT2D eigenvalue weighted by Gasteiger charge is -2.33. The Morgan fingerprint density at radius 3 is 2.86 bits per heavy atom. The molecule has 0 atom stereocenters. The smallest absolute Gasteiger partial charge is 0.264 e. The lowest BCUT2D eigenvalue weighted by Crippen LogP contribution is -2.44. The summed E-state index contributed by atoms with van der Waals surface area (Å²) in [6.07, 6.45) is 4.60. The number of methoxy groups -OCH3 is 1. The SMILES string of the molecule is COc1cccc(NC2CCN(C(=O)Cn3cnc4c(cnn4C)c3=O)CC2)c1. The summed E-state index contributed by atoms with van der Waals surface area (Å²) in [7, 11) is 3.38. The van der Waals surface area contributed by atoms with Crippen LogP contribution in [0.2, 0.25) is 0 Å². The number of ether oxygens (including phenoxy) is 1. The van der Waals surface area contributed by atoms with Gasteiger partial charge in [-0.1, -0.05) is 6.07 Å². The maximum absolute atomic E-state index is 12.7. The van der Waals surface area contributed by atoms with Crippen LogP contribution in [0.5, 0.6) is 5.75 Å². The second kappa shape index (κ2) is 7.94. The van der Waals surface area contributed by atoms with Crippen molar-refractivity contribution in [1.82, 2.24) is 24.2 Å². The summed E-state index contributed by atoms with van der Waals surface area (Å²) in [6.45, 7) is 1.29. The lowest BCUT2D eigenvalue weighted by molar-refractivity contribution is -0.132. The van der Waals surface area contributed by atoms with E-state index in [1.165, 1.54) is 17.1 Å². The van der Waals surface area contributed by atoms with Gasteiger partial charge in [-0.15, -0.1) is 0 Å². The molecule has 1 saturated heterocycles. The second-order valence-electron chi connectivity index (χ2n) is 7.21. The molecule has 0 saturated carbocycles. The summed E-state index contributed by atoms with van der Waals surface area (Å²) >= 11 is 0. The van der Waals surface area contributed by atoms with E-state index in [0.29, 0.717) is 30.2 Å². The highest BCUT2D eigenvalue weighted by atomic mass is 16.5. The van der Waals surface area contributed by atoms with Crippen LogP contribution in [0.15, 0.2) is 41.6 Å². The number of aryl methyl sites for hydroxylation is 1. The van der Waals surface area contributed by atoms with Crippen LogP contribution < -0.4 is 15.6 Å². The van der Waals surface area contributed by atoms with Crippen molar-refractivity contribution >= 4 is 22.6 Å². The minimum Gasteiger partial charge on any atom is -0.497 e. The molecule has 9 nitrogen and oxygen atoms in total. The first-order chi connectivity index (χ1) is 14.0. The third-order valence-corrected chi connectivity index (χ3v) is 5.31. The van der Waals surface area contributed by atoms with Crippen LogP contribution in [0, 0.1) is 0 Å². The largest absolute Gasteiger partial charge is 0.497 e. The molecule has 0 aliphatic carbocycles. The van der Waals surface area contributed by atoms with Crippen molar-refractivity contribution in [2.75, 3.05) is 25.5 Å². The molecule has 3 heterocycles. The number of anilines is 1. The number of piperidine rings is 1. The molecule has 29 heavy (non-hydrogen) atoms. The van der Waals surface area contributed by atoms with E-state index in [0.717, 1.165) is 24.3 Å². The predicted molar refractivity (Wildman–Crippen MR) is 109 cm³/mol. The van der Waals surface area contributed by atoms with Crippen LogP contribution in [-0.2, 0) is 18.4 Å². The molecule has 4 rings (SSSR count). The standard InChI is InChI=1S/C20H24N6O3/c1-24-19-17(11-22-24)20(28)26(13-21-19)12-18(27)25-8-6-14(7-9-25)23-15-4-3-5-16(10-15)29-2/h3-5,10-11,13-14,23H,6-9,12H2,1-2H3. The minimum absolute atomic E-state index is 0.00928. The van der Waals surface area contributed by atoms with Crippen LogP contribution >= 0.6 is 0 Å². The zero-order chi connectivity index (χ0) is 20.4. The van der Waals surface area contributed by atoms with E-state index in [1.54, 1.807) is 18.8 Å². The third-order valence-electron chi connectivity index (χ3n) is 5.31. The van der Waals surface area contributed by atoms with Crippen molar-refractivity contribution in [3.05, 3.63) is 47.1 Å². The molecule has 2 aromatic heterocycles. The fourth-order valence-electron chi connectivity index (χ4n) is 3.65. The van der Waals surface area contributed by atoms with Gasteiger partial charge < -0.3 is 15.0 Å².